The number of carbonyl (C=O) groups excluding carboxylic acids is 2. The average Bonchev–Trinajstić information content (AvgIpc) is 2.56. The molecule has 6 heteroatoms. The van der Waals surface area contributed by atoms with Crippen LogP contribution in [-0.2, 0) is 14.3 Å². The first-order chi connectivity index (χ1) is 11.0. The van der Waals surface area contributed by atoms with Gasteiger partial charge in [-0.1, -0.05) is 11.6 Å². The zero-order chi connectivity index (χ0) is 16.8. The first kappa shape index (κ1) is 17.6. The summed E-state index contributed by atoms with van der Waals surface area (Å²) in [5.41, 5.74) is 0. The summed E-state index contributed by atoms with van der Waals surface area (Å²) in [6.07, 6.45) is 0.701. The van der Waals surface area contributed by atoms with Crippen LogP contribution in [0.25, 0.3) is 0 Å². The van der Waals surface area contributed by atoms with Crippen LogP contribution in [0.1, 0.15) is 26.7 Å². The second-order valence-electron chi connectivity index (χ2n) is 5.57. The molecule has 0 unspecified atom stereocenters. The molecule has 1 fully saturated rings. The highest BCUT2D eigenvalue weighted by Crippen LogP contribution is 2.21. The summed E-state index contributed by atoms with van der Waals surface area (Å²) in [4.78, 5) is 25.9. The van der Waals surface area contributed by atoms with Gasteiger partial charge in [-0.2, -0.15) is 0 Å². The van der Waals surface area contributed by atoms with Gasteiger partial charge in [0.2, 0.25) is 0 Å². The summed E-state index contributed by atoms with van der Waals surface area (Å²) in [6, 6.07) is 6.91. The number of esters is 1. The van der Waals surface area contributed by atoms with Crippen molar-refractivity contribution in [2.75, 3.05) is 19.7 Å². The fourth-order valence-electron chi connectivity index (χ4n) is 2.62. The van der Waals surface area contributed by atoms with E-state index in [-0.39, 0.29) is 17.8 Å². The molecular weight excluding hydrogens is 318 g/mol. The second kappa shape index (κ2) is 8.20. The minimum absolute atomic E-state index is 0.0674. The van der Waals surface area contributed by atoms with E-state index in [0.29, 0.717) is 43.3 Å². The van der Waals surface area contributed by atoms with Gasteiger partial charge in [-0.25, -0.2) is 0 Å². The molecule has 1 aliphatic rings. The van der Waals surface area contributed by atoms with Gasteiger partial charge < -0.3 is 14.4 Å². The van der Waals surface area contributed by atoms with E-state index in [1.807, 2.05) is 0 Å². The Hall–Kier alpha value is -1.75. The fraction of sp³-hybridized carbons (Fsp3) is 0.529. The maximum absolute atomic E-state index is 12.4. The van der Waals surface area contributed by atoms with E-state index in [9.17, 15) is 9.59 Å². The van der Waals surface area contributed by atoms with Crippen molar-refractivity contribution in [3.63, 3.8) is 0 Å². The van der Waals surface area contributed by atoms with Gasteiger partial charge >= 0.3 is 5.97 Å². The fourth-order valence-corrected chi connectivity index (χ4v) is 2.75. The SMILES string of the molecule is CCOC(=O)C1CCN(C(=O)[C@@H](C)Oc2ccc(Cl)cc2)CC1. The van der Waals surface area contributed by atoms with Crippen LogP contribution in [0.2, 0.25) is 5.02 Å². The van der Waals surface area contributed by atoms with E-state index >= 15 is 0 Å². The lowest BCUT2D eigenvalue weighted by Crippen LogP contribution is -2.45. The Labute approximate surface area is 141 Å². The summed E-state index contributed by atoms with van der Waals surface area (Å²) in [7, 11) is 0. The van der Waals surface area contributed by atoms with Crippen LogP contribution in [0, 0.1) is 5.92 Å². The molecule has 2 rings (SSSR count). The van der Waals surface area contributed by atoms with Crippen molar-refractivity contribution >= 4 is 23.5 Å². The predicted molar refractivity (Wildman–Crippen MR) is 87.5 cm³/mol. The molecule has 1 aliphatic heterocycles. The summed E-state index contributed by atoms with van der Waals surface area (Å²) >= 11 is 5.83. The lowest BCUT2D eigenvalue weighted by molar-refractivity contribution is -0.152. The molecule has 5 nitrogen and oxygen atoms in total. The monoisotopic (exact) mass is 339 g/mol. The highest BCUT2D eigenvalue weighted by molar-refractivity contribution is 6.30. The minimum atomic E-state index is -0.574. The number of piperidine rings is 1. The number of halogens is 1. The van der Waals surface area contributed by atoms with Crippen molar-refractivity contribution in [2.24, 2.45) is 5.92 Å². The molecule has 0 saturated carbocycles. The molecule has 0 aromatic heterocycles. The Bertz CT molecular complexity index is 538. The molecule has 1 atom stereocenters. The Balaban J connectivity index is 1.84. The molecule has 1 aromatic rings. The Kier molecular flexibility index (Phi) is 6.28. The van der Waals surface area contributed by atoms with Crippen LogP contribution in [-0.4, -0.2) is 42.6 Å². The Morgan fingerprint density at radius 1 is 1.26 bits per heavy atom. The lowest BCUT2D eigenvalue weighted by Gasteiger charge is -2.32. The predicted octanol–water partition coefficient (Wildman–Crippen LogP) is 2.91. The smallest absolute Gasteiger partial charge is 0.309 e. The molecule has 0 spiro atoms. The molecule has 1 aromatic carbocycles. The van der Waals surface area contributed by atoms with Gasteiger partial charge in [-0.05, 0) is 51.0 Å². The second-order valence-corrected chi connectivity index (χ2v) is 6.00. The van der Waals surface area contributed by atoms with Gasteiger partial charge in [-0.15, -0.1) is 0 Å². The first-order valence-electron chi connectivity index (χ1n) is 7.89. The average molecular weight is 340 g/mol. The van der Waals surface area contributed by atoms with E-state index in [4.69, 9.17) is 21.1 Å². The van der Waals surface area contributed by atoms with Crippen LogP contribution in [0.3, 0.4) is 0 Å². The van der Waals surface area contributed by atoms with Crippen molar-refractivity contribution in [3.8, 4) is 5.75 Å². The maximum atomic E-state index is 12.4. The van der Waals surface area contributed by atoms with Gasteiger partial charge in [0.05, 0.1) is 12.5 Å². The minimum Gasteiger partial charge on any atom is -0.481 e. The third-order valence-electron chi connectivity index (χ3n) is 3.90. The third kappa shape index (κ3) is 4.86. The summed E-state index contributed by atoms with van der Waals surface area (Å²) in [6.45, 7) is 5.03. The highest BCUT2D eigenvalue weighted by Gasteiger charge is 2.30. The van der Waals surface area contributed by atoms with Crippen LogP contribution >= 0.6 is 11.6 Å². The number of benzene rings is 1. The first-order valence-corrected chi connectivity index (χ1v) is 8.26. The van der Waals surface area contributed by atoms with Crippen molar-refractivity contribution in [1.82, 2.24) is 4.90 Å². The van der Waals surface area contributed by atoms with E-state index in [0.717, 1.165) is 0 Å². The van der Waals surface area contributed by atoms with Crippen molar-refractivity contribution < 1.29 is 19.1 Å². The van der Waals surface area contributed by atoms with Crippen LogP contribution in [0.5, 0.6) is 5.75 Å². The van der Waals surface area contributed by atoms with Crippen molar-refractivity contribution in [3.05, 3.63) is 29.3 Å². The topological polar surface area (TPSA) is 55.8 Å². The van der Waals surface area contributed by atoms with Crippen molar-refractivity contribution in [1.29, 1.82) is 0 Å². The molecule has 0 aliphatic carbocycles. The number of likely N-dealkylation sites (tertiary alicyclic amines) is 1. The normalized spacial score (nSPS) is 16.7. The molecule has 1 heterocycles. The van der Waals surface area contributed by atoms with E-state index in [1.165, 1.54) is 0 Å². The molecule has 0 N–H and O–H groups in total. The highest BCUT2D eigenvalue weighted by atomic mass is 35.5. The molecule has 126 valence electrons. The largest absolute Gasteiger partial charge is 0.481 e. The maximum Gasteiger partial charge on any atom is 0.309 e. The number of rotatable bonds is 5. The Morgan fingerprint density at radius 2 is 1.87 bits per heavy atom. The zero-order valence-corrected chi connectivity index (χ0v) is 14.2. The number of hydrogen-bond donors (Lipinski definition) is 0. The van der Waals surface area contributed by atoms with E-state index in [1.54, 1.807) is 43.0 Å². The molecule has 0 radical (unpaired) electrons. The molecule has 0 bridgehead atoms. The molecule has 1 saturated heterocycles. The molecule has 23 heavy (non-hydrogen) atoms. The quantitative estimate of drug-likeness (QED) is 0.774. The van der Waals surface area contributed by atoms with Gasteiger partial charge in [0.15, 0.2) is 6.10 Å². The number of nitrogens with zero attached hydrogens (tertiary/aromatic N) is 1. The van der Waals surface area contributed by atoms with Crippen LogP contribution < -0.4 is 4.74 Å². The standard InChI is InChI=1S/C17H22ClNO4/c1-3-22-17(21)13-8-10-19(11-9-13)16(20)12(2)23-15-6-4-14(18)5-7-15/h4-7,12-13H,3,8-11H2,1-2H3/t12-/m1/s1. The summed E-state index contributed by atoms with van der Waals surface area (Å²) < 4.78 is 10.7. The molecular formula is C17H22ClNO4. The number of ether oxygens (including phenoxy) is 2. The van der Waals surface area contributed by atoms with Gasteiger partial charge in [0.1, 0.15) is 5.75 Å². The van der Waals surface area contributed by atoms with Crippen molar-refractivity contribution in [2.45, 2.75) is 32.8 Å². The molecule has 1 amide bonds. The number of amides is 1. The van der Waals surface area contributed by atoms with Crippen LogP contribution in [0.15, 0.2) is 24.3 Å². The van der Waals surface area contributed by atoms with E-state index in [2.05, 4.69) is 0 Å². The number of carbonyl (C=O) groups is 2. The third-order valence-corrected chi connectivity index (χ3v) is 4.15. The van der Waals surface area contributed by atoms with E-state index < -0.39 is 6.10 Å². The van der Waals surface area contributed by atoms with Crippen LogP contribution in [0.4, 0.5) is 0 Å². The van der Waals surface area contributed by atoms with Gasteiger partial charge in [-0.3, -0.25) is 9.59 Å². The lowest BCUT2D eigenvalue weighted by atomic mass is 9.97. The zero-order valence-electron chi connectivity index (χ0n) is 13.5. The van der Waals surface area contributed by atoms with Gasteiger partial charge in [0, 0.05) is 18.1 Å². The summed E-state index contributed by atoms with van der Waals surface area (Å²) in [5.74, 6) is 0.274. The van der Waals surface area contributed by atoms with Gasteiger partial charge in [0.25, 0.3) is 5.91 Å². The summed E-state index contributed by atoms with van der Waals surface area (Å²) in [5, 5.41) is 0.623. The Morgan fingerprint density at radius 3 is 2.43 bits per heavy atom. The number of hydrogen-bond acceptors (Lipinski definition) is 4.